The molecule has 1 fully saturated rings. The molecule has 0 aromatic carbocycles. The summed E-state index contributed by atoms with van der Waals surface area (Å²) in [5.74, 6) is 1.09. The zero-order valence-electron chi connectivity index (χ0n) is 10.7. The van der Waals surface area contributed by atoms with Gasteiger partial charge in [0.2, 0.25) is 11.2 Å². The van der Waals surface area contributed by atoms with Gasteiger partial charge in [-0.1, -0.05) is 19.3 Å². The fourth-order valence-corrected chi connectivity index (χ4v) is 2.33. The third kappa shape index (κ3) is 3.98. The normalized spacial score (nSPS) is 16.6. The lowest BCUT2D eigenvalue weighted by molar-refractivity contribution is 0.196. The van der Waals surface area contributed by atoms with Gasteiger partial charge in [0.15, 0.2) is 0 Å². The van der Waals surface area contributed by atoms with Crippen LogP contribution in [0.5, 0.6) is 6.01 Å². The van der Waals surface area contributed by atoms with Crippen LogP contribution in [0.25, 0.3) is 0 Å². The van der Waals surface area contributed by atoms with E-state index in [1.807, 2.05) is 6.92 Å². The number of rotatable bonds is 5. The van der Waals surface area contributed by atoms with Gasteiger partial charge >= 0.3 is 6.01 Å². The van der Waals surface area contributed by atoms with Crippen molar-refractivity contribution in [3.8, 4) is 6.01 Å². The van der Waals surface area contributed by atoms with Crippen molar-refractivity contribution < 1.29 is 4.74 Å². The standard InChI is InChI=1S/C12H19ClN4O/c1-2-14-11-15-10(13)16-12(17-11)18-8-9-6-4-3-5-7-9/h9H,2-8H2,1H3,(H,14,15,16,17). The van der Waals surface area contributed by atoms with E-state index in [1.165, 1.54) is 32.1 Å². The summed E-state index contributed by atoms with van der Waals surface area (Å²) in [7, 11) is 0. The Hall–Kier alpha value is -1.10. The number of halogens is 1. The average Bonchev–Trinajstić information content (AvgIpc) is 2.37. The van der Waals surface area contributed by atoms with Crippen molar-refractivity contribution in [1.82, 2.24) is 15.0 Å². The minimum absolute atomic E-state index is 0.166. The minimum Gasteiger partial charge on any atom is -0.463 e. The lowest BCUT2D eigenvalue weighted by Crippen LogP contribution is -2.16. The highest BCUT2D eigenvalue weighted by molar-refractivity contribution is 6.28. The molecule has 1 aliphatic rings. The molecule has 0 atom stereocenters. The maximum atomic E-state index is 5.83. The van der Waals surface area contributed by atoms with Crippen LogP contribution >= 0.6 is 11.6 Å². The smallest absolute Gasteiger partial charge is 0.322 e. The zero-order chi connectivity index (χ0) is 12.8. The number of hydrogen-bond acceptors (Lipinski definition) is 5. The van der Waals surface area contributed by atoms with E-state index in [1.54, 1.807) is 0 Å². The summed E-state index contributed by atoms with van der Waals surface area (Å²) in [6, 6.07) is 0.316. The van der Waals surface area contributed by atoms with Crippen molar-refractivity contribution in [2.75, 3.05) is 18.5 Å². The van der Waals surface area contributed by atoms with Crippen LogP contribution in [0.2, 0.25) is 5.28 Å². The highest BCUT2D eigenvalue weighted by atomic mass is 35.5. The Balaban J connectivity index is 1.91. The van der Waals surface area contributed by atoms with Crippen LogP contribution in [-0.4, -0.2) is 28.1 Å². The molecule has 0 saturated heterocycles. The number of nitrogens with zero attached hydrogens (tertiary/aromatic N) is 3. The molecule has 1 aromatic heterocycles. The first-order valence-corrected chi connectivity index (χ1v) is 6.94. The molecule has 0 unspecified atom stereocenters. The summed E-state index contributed by atoms with van der Waals surface area (Å²) in [6.45, 7) is 3.38. The fourth-order valence-electron chi connectivity index (χ4n) is 2.18. The van der Waals surface area contributed by atoms with Gasteiger partial charge in [-0.25, -0.2) is 0 Å². The van der Waals surface area contributed by atoms with Crippen LogP contribution in [0, 0.1) is 5.92 Å². The van der Waals surface area contributed by atoms with Crippen LogP contribution in [0.4, 0.5) is 5.95 Å². The van der Waals surface area contributed by atoms with Crippen LogP contribution < -0.4 is 10.1 Å². The van der Waals surface area contributed by atoms with E-state index >= 15 is 0 Å². The van der Waals surface area contributed by atoms with Crippen LogP contribution in [0.15, 0.2) is 0 Å². The van der Waals surface area contributed by atoms with Crippen molar-refractivity contribution in [2.45, 2.75) is 39.0 Å². The highest BCUT2D eigenvalue weighted by Crippen LogP contribution is 2.24. The SMILES string of the molecule is CCNc1nc(Cl)nc(OCC2CCCCC2)n1. The Morgan fingerprint density at radius 2 is 2.00 bits per heavy atom. The Labute approximate surface area is 112 Å². The minimum atomic E-state index is 0.166. The molecule has 0 amide bonds. The summed E-state index contributed by atoms with van der Waals surface area (Å²) in [5.41, 5.74) is 0. The zero-order valence-corrected chi connectivity index (χ0v) is 11.4. The number of aromatic nitrogens is 3. The van der Waals surface area contributed by atoms with E-state index in [-0.39, 0.29) is 5.28 Å². The van der Waals surface area contributed by atoms with Crippen LogP contribution in [0.3, 0.4) is 0 Å². The van der Waals surface area contributed by atoms with Gasteiger partial charge in [0.05, 0.1) is 6.61 Å². The quantitative estimate of drug-likeness (QED) is 0.891. The van der Waals surface area contributed by atoms with Gasteiger partial charge in [-0.2, -0.15) is 15.0 Å². The van der Waals surface area contributed by atoms with E-state index in [2.05, 4.69) is 20.3 Å². The molecule has 1 aliphatic carbocycles. The molecule has 5 nitrogen and oxygen atoms in total. The van der Waals surface area contributed by atoms with E-state index < -0.39 is 0 Å². The number of anilines is 1. The number of nitrogens with one attached hydrogen (secondary N) is 1. The summed E-state index contributed by atoms with van der Waals surface area (Å²) in [4.78, 5) is 12.1. The molecule has 0 radical (unpaired) electrons. The van der Waals surface area contributed by atoms with Gasteiger partial charge in [0, 0.05) is 6.54 Å². The third-order valence-electron chi connectivity index (χ3n) is 3.10. The monoisotopic (exact) mass is 270 g/mol. The van der Waals surface area contributed by atoms with Crippen molar-refractivity contribution in [3.63, 3.8) is 0 Å². The number of hydrogen-bond donors (Lipinski definition) is 1. The van der Waals surface area contributed by atoms with E-state index in [0.717, 1.165) is 6.54 Å². The second-order valence-corrected chi connectivity index (χ2v) is 4.89. The Kier molecular flexibility index (Phi) is 4.99. The summed E-state index contributed by atoms with van der Waals surface area (Å²) < 4.78 is 5.63. The van der Waals surface area contributed by atoms with Crippen LogP contribution in [0.1, 0.15) is 39.0 Å². The molecule has 2 rings (SSSR count). The van der Waals surface area contributed by atoms with Gasteiger partial charge in [-0.05, 0) is 37.3 Å². The molecular formula is C12H19ClN4O. The molecule has 100 valence electrons. The summed E-state index contributed by atoms with van der Waals surface area (Å²) in [6.07, 6.45) is 6.42. The van der Waals surface area contributed by atoms with Gasteiger partial charge in [-0.3, -0.25) is 0 Å². The Morgan fingerprint density at radius 3 is 2.72 bits per heavy atom. The molecule has 18 heavy (non-hydrogen) atoms. The lowest BCUT2D eigenvalue weighted by Gasteiger charge is -2.20. The Morgan fingerprint density at radius 1 is 1.22 bits per heavy atom. The topological polar surface area (TPSA) is 59.9 Å². The molecule has 1 heterocycles. The second-order valence-electron chi connectivity index (χ2n) is 4.56. The molecule has 0 spiro atoms. The maximum absolute atomic E-state index is 5.83. The molecule has 0 bridgehead atoms. The fraction of sp³-hybridized carbons (Fsp3) is 0.750. The molecule has 6 heteroatoms. The first-order valence-electron chi connectivity index (χ1n) is 6.56. The third-order valence-corrected chi connectivity index (χ3v) is 3.26. The summed E-state index contributed by atoms with van der Waals surface area (Å²) >= 11 is 5.83. The van der Waals surface area contributed by atoms with Crippen molar-refractivity contribution in [3.05, 3.63) is 5.28 Å². The molecule has 1 saturated carbocycles. The molecule has 0 aliphatic heterocycles. The molecular weight excluding hydrogens is 252 g/mol. The average molecular weight is 271 g/mol. The largest absolute Gasteiger partial charge is 0.463 e. The van der Waals surface area contributed by atoms with E-state index in [0.29, 0.717) is 24.5 Å². The van der Waals surface area contributed by atoms with Gasteiger partial charge in [0.1, 0.15) is 0 Å². The predicted octanol–water partition coefficient (Wildman–Crippen LogP) is 2.92. The number of ether oxygens (including phenoxy) is 1. The van der Waals surface area contributed by atoms with Gasteiger partial charge < -0.3 is 10.1 Å². The van der Waals surface area contributed by atoms with Gasteiger partial charge in [0.25, 0.3) is 0 Å². The van der Waals surface area contributed by atoms with E-state index in [4.69, 9.17) is 16.3 Å². The maximum Gasteiger partial charge on any atom is 0.322 e. The Bertz CT molecular complexity index is 382. The molecule has 1 aromatic rings. The van der Waals surface area contributed by atoms with Crippen molar-refractivity contribution in [2.24, 2.45) is 5.92 Å². The first-order chi connectivity index (χ1) is 8.78. The first kappa shape index (κ1) is 13.3. The predicted molar refractivity (Wildman–Crippen MR) is 71.1 cm³/mol. The van der Waals surface area contributed by atoms with Crippen molar-refractivity contribution in [1.29, 1.82) is 0 Å². The molecule has 1 N–H and O–H groups in total. The second kappa shape index (κ2) is 6.73. The van der Waals surface area contributed by atoms with Crippen molar-refractivity contribution >= 4 is 17.5 Å². The van der Waals surface area contributed by atoms with Crippen LogP contribution in [-0.2, 0) is 0 Å². The van der Waals surface area contributed by atoms with Gasteiger partial charge in [-0.15, -0.1) is 0 Å². The highest BCUT2D eigenvalue weighted by Gasteiger charge is 2.15. The summed E-state index contributed by atoms with van der Waals surface area (Å²) in [5, 5.41) is 3.17. The van der Waals surface area contributed by atoms with E-state index in [9.17, 15) is 0 Å². The lowest BCUT2D eigenvalue weighted by atomic mass is 9.90.